The second-order valence-corrected chi connectivity index (χ2v) is 4.50. The summed E-state index contributed by atoms with van der Waals surface area (Å²) in [5.74, 6) is -0.263. The third-order valence-corrected chi connectivity index (χ3v) is 2.93. The maximum Gasteiger partial charge on any atom is 0.163 e. The molecular weight excluding hydrogens is 247 g/mol. The van der Waals surface area contributed by atoms with Gasteiger partial charge < -0.3 is 0 Å². The Morgan fingerprint density at radius 3 is 2.50 bits per heavy atom. The molecule has 0 fully saturated rings. The quantitative estimate of drug-likeness (QED) is 0.721. The molecule has 2 nitrogen and oxygen atoms in total. The molecule has 1 aliphatic rings. The highest BCUT2D eigenvalue weighted by Gasteiger charge is 2.20. The number of ketones is 2. The highest BCUT2D eigenvalue weighted by atomic mass is 35.5. The van der Waals surface area contributed by atoms with E-state index in [0.717, 1.165) is 0 Å². The summed E-state index contributed by atoms with van der Waals surface area (Å²) in [6.45, 7) is 0. The first-order valence-corrected chi connectivity index (χ1v) is 5.52. The lowest BCUT2D eigenvalue weighted by Crippen LogP contribution is -2.12. The highest BCUT2D eigenvalue weighted by Crippen LogP contribution is 2.31. The minimum absolute atomic E-state index is 0.0122. The van der Waals surface area contributed by atoms with Crippen molar-refractivity contribution < 1.29 is 9.59 Å². The van der Waals surface area contributed by atoms with Crippen molar-refractivity contribution in [2.45, 2.75) is 12.8 Å². The molecular formula is C12H8Cl2O2. The van der Waals surface area contributed by atoms with Crippen LogP contribution in [0.2, 0.25) is 10.0 Å². The molecule has 4 heteroatoms. The number of benzene rings is 1. The average Bonchev–Trinajstić information content (AvgIpc) is 2.20. The molecule has 0 radical (unpaired) electrons. The highest BCUT2D eigenvalue weighted by molar-refractivity contribution is 6.35. The lowest BCUT2D eigenvalue weighted by molar-refractivity contribution is -0.124. The molecule has 0 atom stereocenters. The van der Waals surface area contributed by atoms with Crippen LogP contribution in [0.25, 0.3) is 5.57 Å². The van der Waals surface area contributed by atoms with Crippen LogP contribution in [0.15, 0.2) is 24.3 Å². The fourth-order valence-electron chi connectivity index (χ4n) is 1.68. The number of Topliss-reactive ketones (excluding diaryl/α,β-unsaturated/α-hetero) is 1. The fraction of sp³-hybridized carbons (Fsp3) is 0.167. The third-order valence-electron chi connectivity index (χ3n) is 2.37. The van der Waals surface area contributed by atoms with Crippen LogP contribution < -0.4 is 0 Å². The second kappa shape index (κ2) is 4.40. The summed E-state index contributed by atoms with van der Waals surface area (Å²) in [6.07, 6.45) is 1.70. The molecule has 0 N–H and O–H groups in total. The second-order valence-electron chi connectivity index (χ2n) is 3.65. The van der Waals surface area contributed by atoms with Crippen LogP contribution >= 0.6 is 23.2 Å². The van der Waals surface area contributed by atoms with Crippen molar-refractivity contribution in [2.24, 2.45) is 0 Å². The van der Waals surface area contributed by atoms with Crippen molar-refractivity contribution in [1.29, 1.82) is 0 Å². The predicted octanol–water partition coefficient (Wildman–Crippen LogP) is 3.31. The normalized spacial score (nSPS) is 16.2. The van der Waals surface area contributed by atoms with Crippen LogP contribution in [0, 0.1) is 0 Å². The minimum atomic E-state index is -0.178. The Morgan fingerprint density at radius 2 is 1.81 bits per heavy atom. The molecule has 0 spiro atoms. The van der Waals surface area contributed by atoms with Gasteiger partial charge in [-0.1, -0.05) is 23.2 Å². The standard InChI is InChI=1S/C12H8Cl2O2/c13-8-1-2-12(14)11(5-8)7-3-9(15)6-10(16)4-7/h1-3,5H,4,6H2. The number of allylic oxidation sites excluding steroid dienone is 2. The molecule has 2 rings (SSSR count). The Morgan fingerprint density at radius 1 is 1.06 bits per heavy atom. The number of rotatable bonds is 1. The van der Waals surface area contributed by atoms with E-state index in [0.29, 0.717) is 21.2 Å². The molecule has 1 aliphatic carbocycles. The minimum Gasteiger partial charge on any atom is -0.299 e. The Hall–Kier alpha value is -1.12. The number of hydrogen-bond acceptors (Lipinski definition) is 2. The summed E-state index contributed by atoms with van der Waals surface area (Å²) in [5.41, 5.74) is 1.31. The Labute approximate surface area is 103 Å². The van der Waals surface area contributed by atoms with E-state index in [1.165, 1.54) is 6.08 Å². The smallest absolute Gasteiger partial charge is 0.163 e. The van der Waals surface area contributed by atoms with Gasteiger partial charge in [-0.05, 0) is 35.4 Å². The van der Waals surface area contributed by atoms with Gasteiger partial charge in [0.05, 0.1) is 6.42 Å². The van der Waals surface area contributed by atoms with Gasteiger partial charge in [0, 0.05) is 16.5 Å². The van der Waals surface area contributed by atoms with Crippen LogP contribution in [0.5, 0.6) is 0 Å². The maximum absolute atomic E-state index is 11.3. The number of halogens is 2. The molecule has 0 amide bonds. The van der Waals surface area contributed by atoms with Gasteiger partial charge >= 0.3 is 0 Å². The van der Waals surface area contributed by atoms with E-state index < -0.39 is 0 Å². The molecule has 0 bridgehead atoms. The number of carbonyl (C=O) groups excluding carboxylic acids is 2. The van der Waals surface area contributed by atoms with Crippen LogP contribution in [0.4, 0.5) is 0 Å². The SMILES string of the molecule is O=C1C=C(c2cc(Cl)ccc2Cl)CC(=O)C1. The van der Waals surface area contributed by atoms with Gasteiger partial charge in [0.15, 0.2) is 5.78 Å². The van der Waals surface area contributed by atoms with E-state index in [1.54, 1.807) is 18.2 Å². The van der Waals surface area contributed by atoms with E-state index in [-0.39, 0.29) is 24.4 Å². The molecule has 0 saturated heterocycles. The maximum atomic E-state index is 11.3. The molecule has 16 heavy (non-hydrogen) atoms. The van der Waals surface area contributed by atoms with E-state index >= 15 is 0 Å². The zero-order chi connectivity index (χ0) is 11.7. The van der Waals surface area contributed by atoms with Crippen LogP contribution in [-0.2, 0) is 9.59 Å². The van der Waals surface area contributed by atoms with Crippen molar-refractivity contribution in [3.63, 3.8) is 0 Å². The summed E-state index contributed by atoms with van der Waals surface area (Å²) in [5, 5.41) is 1.03. The van der Waals surface area contributed by atoms with E-state index in [1.807, 2.05) is 0 Å². The largest absolute Gasteiger partial charge is 0.299 e. The topological polar surface area (TPSA) is 34.1 Å². The Bertz CT molecular complexity index is 504. The molecule has 82 valence electrons. The van der Waals surface area contributed by atoms with Crippen molar-refractivity contribution >= 4 is 40.3 Å². The molecule has 0 aliphatic heterocycles. The van der Waals surface area contributed by atoms with Gasteiger partial charge in [-0.15, -0.1) is 0 Å². The lowest BCUT2D eigenvalue weighted by atomic mass is 9.92. The first kappa shape index (κ1) is 11.4. The van der Waals surface area contributed by atoms with Crippen molar-refractivity contribution in [1.82, 2.24) is 0 Å². The van der Waals surface area contributed by atoms with Crippen LogP contribution in [-0.4, -0.2) is 11.6 Å². The average molecular weight is 255 g/mol. The molecule has 0 aromatic heterocycles. The summed E-state index contributed by atoms with van der Waals surface area (Å²) in [4.78, 5) is 22.6. The fourth-order valence-corrected chi connectivity index (χ4v) is 2.09. The third kappa shape index (κ3) is 2.34. The number of hydrogen-bond donors (Lipinski definition) is 0. The summed E-state index contributed by atoms with van der Waals surface area (Å²) in [6, 6.07) is 4.99. The first-order chi connectivity index (χ1) is 7.56. The molecule has 0 unspecified atom stereocenters. The molecule has 0 saturated carbocycles. The van der Waals surface area contributed by atoms with Crippen molar-refractivity contribution in [2.75, 3.05) is 0 Å². The van der Waals surface area contributed by atoms with Crippen LogP contribution in [0.3, 0.4) is 0 Å². The lowest BCUT2D eigenvalue weighted by Gasteiger charge is -2.13. The van der Waals surface area contributed by atoms with Gasteiger partial charge in [-0.2, -0.15) is 0 Å². The van der Waals surface area contributed by atoms with E-state index in [2.05, 4.69) is 0 Å². The van der Waals surface area contributed by atoms with Gasteiger partial charge in [0.25, 0.3) is 0 Å². The van der Waals surface area contributed by atoms with Gasteiger partial charge in [0.1, 0.15) is 5.78 Å². The van der Waals surface area contributed by atoms with Crippen molar-refractivity contribution in [3.8, 4) is 0 Å². The monoisotopic (exact) mass is 254 g/mol. The predicted molar refractivity (Wildman–Crippen MR) is 63.7 cm³/mol. The zero-order valence-electron chi connectivity index (χ0n) is 8.30. The molecule has 0 heterocycles. The Kier molecular flexibility index (Phi) is 3.13. The van der Waals surface area contributed by atoms with Gasteiger partial charge in [-0.3, -0.25) is 9.59 Å². The van der Waals surface area contributed by atoms with Crippen LogP contribution in [0.1, 0.15) is 18.4 Å². The first-order valence-electron chi connectivity index (χ1n) is 4.77. The molecule has 1 aromatic carbocycles. The Balaban J connectivity index is 2.47. The van der Waals surface area contributed by atoms with Crippen molar-refractivity contribution in [3.05, 3.63) is 39.9 Å². The van der Waals surface area contributed by atoms with Gasteiger partial charge in [-0.25, -0.2) is 0 Å². The summed E-state index contributed by atoms with van der Waals surface area (Å²) < 4.78 is 0. The van der Waals surface area contributed by atoms with E-state index in [9.17, 15) is 9.59 Å². The number of carbonyl (C=O) groups is 2. The summed E-state index contributed by atoms with van der Waals surface area (Å²) in [7, 11) is 0. The molecule has 1 aromatic rings. The van der Waals surface area contributed by atoms with E-state index in [4.69, 9.17) is 23.2 Å². The summed E-state index contributed by atoms with van der Waals surface area (Å²) >= 11 is 11.9. The van der Waals surface area contributed by atoms with Gasteiger partial charge in [0.2, 0.25) is 0 Å². The zero-order valence-corrected chi connectivity index (χ0v) is 9.81.